The van der Waals surface area contributed by atoms with Crippen LogP contribution in [0.5, 0.6) is 0 Å². The van der Waals surface area contributed by atoms with Crippen molar-refractivity contribution in [3.05, 3.63) is 0 Å². The fourth-order valence-electron chi connectivity index (χ4n) is 2.58. The molecule has 3 atom stereocenters. The molecule has 1 rings (SSSR count). The molecule has 0 aromatic carbocycles. The molecule has 0 heterocycles. The Morgan fingerprint density at radius 1 is 1.00 bits per heavy atom. The summed E-state index contributed by atoms with van der Waals surface area (Å²) in [4.78, 5) is 0. The van der Waals surface area contributed by atoms with Gasteiger partial charge in [-0.25, -0.2) is 0 Å². The van der Waals surface area contributed by atoms with Gasteiger partial charge >= 0.3 is 0 Å². The third kappa shape index (κ3) is 2.70. The summed E-state index contributed by atoms with van der Waals surface area (Å²) >= 11 is 0. The Labute approximate surface area is 82.5 Å². The Kier molecular flexibility index (Phi) is 3.78. The first-order valence-corrected chi connectivity index (χ1v) is 5.70. The van der Waals surface area contributed by atoms with E-state index in [2.05, 4.69) is 27.7 Å². The minimum Gasteiger partial charge on any atom is -0.393 e. The van der Waals surface area contributed by atoms with Crippen LogP contribution in [0.1, 0.15) is 47.0 Å². The zero-order valence-corrected chi connectivity index (χ0v) is 9.46. The highest BCUT2D eigenvalue weighted by Crippen LogP contribution is 2.36. The Bertz CT molecular complexity index is 151. The van der Waals surface area contributed by atoms with Crippen LogP contribution in [0.15, 0.2) is 0 Å². The molecule has 1 fully saturated rings. The molecular formula is C12H24O. The molecule has 1 aliphatic rings. The third-order valence-corrected chi connectivity index (χ3v) is 3.71. The first kappa shape index (κ1) is 11.0. The highest BCUT2D eigenvalue weighted by Gasteiger charge is 2.31. The van der Waals surface area contributed by atoms with Crippen LogP contribution >= 0.6 is 0 Å². The molecule has 1 heteroatoms. The van der Waals surface area contributed by atoms with Crippen molar-refractivity contribution >= 4 is 0 Å². The van der Waals surface area contributed by atoms with Crippen LogP contribution in [0.2, 0.25) is 0 Å². The lowest BCUT2D eigenvalue weighted by Gasteiger charge is -2.37. The normalized spacial score (nSPS) is 35.8. The van der Waals surface area contributed by atoms with Gasteiger partial charge in [-0.05, 0) is 42.9 Å². The second kappa shape index (κ2) is 4.45. The molecule has 0 aromatic rings. The van der Waals surface area contributed by atoms with Crippen molar-refractivity contribution in [1.82, 2.24) is 0 Å². The van der Waals surface area contributed by atoms with Crippen molar-refractivity contribution in [2.45, 2.75) is 53.1 Å². The van der Waals surface area contributed by atoms with Crippen LogP contribution in [0.4, 0.5) is 0 Å². The summed E-state index contributed by atoms with van der Waals surface area (Å²) in [6.07, 6.45) is 3.53. The average Bonchev–Trinajstić information content (AvgIpc) is 2.03. The molecule has 0 aliphatic heterocycles. The minimum absolute atomic E-state index is 0.0406. The van der Waals surface area contributed by atoms with Crippen LogP contribution in [0, 0.1) is 23.7 Å². The van der Waals surface area contributed by atoms with E-state index in [1.54, 1.807) is 0 Å². The topological polar surface area (TPSA) is 20.2 Å². The molecule has 0 spiro atoms. The highest BCUT2D eigenvalue weighted by atomic mass is 16.3. The number of rotatable bonds is 2. The Balaban J connectivity index is 2.46. The summed E-state index contributed by atoms with van der Waals surface area (Å²) in [7, 11) is 0. The molecule has 0 radical (unpaired) electrons. The lowest BCUT2D eigenvalue weighted by atomic mass is 9.72. The first-order valence-electron chi connectivity index (χ1n) is 5.70. The van der Waals surface area contributed by atoms with E-state index in [-0.39, 0.29) is 6.10 Å². The van der Waals surface area contributed by atoms with Crippen LogP contribution in [-0.2, 0) is 0 Å². The Morgan fingerprint density at radius 3 is 2.00 bits per heavy atom. The SMILES string of the molecule is CC(C)C1CCC(C(C)C)C(O)C1. The fraction of sp³-hybridized carbons (Fsp3) is 1.00. The average molecular weight is 184 g/mol. The summed E-state index contributed by atoms with van der Waals surface area (Å²) < 4.78 is 0. The van der Waals surface area contributed by atoms with Crippen molar-refractivity contribution in [3.63, 3.8) is 0 Å². The van der Waals surface area contributed by atoms with E-state index >= 15 is 0 Å². The maximum atomic E-state index is 9.96. The molecule has 0 amide bonds. The second-order valence-electron chi connectivity index (χ2n) is 5.29. The summed E-state index contributed by atoms with van der Waals surface area (Å²) in [5.41, 5.74) is 0. The molecular weight excluding hydrogens is 160 g/mol. The fourth-order valence-corrected chi connectivity index (χ4v) is 2.58. The summed E-state index contributed by atoms with van der Waals surface area (Å²) in [6, 6.07) is 0. The van der Waals surface area contributed by atoms with Gasteiger partial charge in [-0.1, -0.05) is 27.7 Å². The van der Waals surface area contributed by atoms with Crippen molar-refractivity contribution in [2.75, 3.05) is 0 Å². The van der Waals surface area contributed by atoms with Crippen molar-refractivity contribution in [2.24, 2.45) is 23.7 Å². The van der Waals surface area contributed by atoms with Gasteiger partial charge in [0.05, 0.1) is 6.10 Å². The molecule has 1 aliphatic carbocycles. The van der Waals surface area contributed by atoms with E-state index in [1.165, 1.54) is 12.8 Å². The van der Waals surface area contributed by atoms with E-state index in [4.69, 9.17) is 0 Å². The number of aliphatic hydroxyl groups is 1. The van der Waals surface area contributed by atoms with Gasteiger partial charge < -0.3 is 5.11 Å². The van der Waals surface area contributed by atoms with Gasteiger partial charge in [0.25, 0.3) is 0 Å². The van der Waals surface area contributed by atoms with Crippen LogP contribution in [0.25, 0.3) is 0 Å². The summed E-state index contributed by atoms with van der Waals surface area (Å²) in [5, 5.41) is 9.96. The van der Waals surface area contributed by atoms with Gasteiger partial charge in [-0.2, -0.15) is 0 Å². The van der Waals surface area contributed by atoms with E-state index in [0.29, 0.717) is 11.8 Å². The van der Waals surface area contributed by atoms with Gasteiger partial charge in [-0.15, -0.1) is 0 Å². The van der Waals surface area contributed by atoms with E-state index in [0.717, 1.165) is 18.3 Å². The zero-order valence-electron chi connectivity index (χ0n) is 9.46. The monoisotopic (exact) mass is 184 g/mol. The summed E-state index contributed by atoms with van der Waals surface area (Å²) in [5.74, 6) is 2.69. The van der Waals surface area contributed by atoms with Gasteiger partial charge in [0, 0.05) is 0 Å². The zero-order chi connectivity index (χ0) is 10.0. The maximum absolute atomic E-state index is 9.96. The standard InChI is InChI=1S/C12H24O/c1-8(2)10-5-6-11(9(3)4)12(13)7-10/h8-13H,5-7H2,1-4H3. The summed E-state index contributed by atoms with van der Waals surface area (Å²) in [6.45, 7) is 8.99. The Morgan fingerprint density at radius 2 is 1.62 bits per heavy atom. The first-order chi connectivity index (χ1) is 6.02. The van der Waals surface area contributed by atoms with Crippen LogP contribution < -0.4 is 0 Å². The lowest BCUT2D eigenvalue weighted by molar-refractivity contribution is 0.0126. The van der Waals surface area contributed by atoms with Crippen molar-refractivity contribution in [3.8, 4) is 0 Å². The molecule has 3 unspecified atom stereocenters. The highest BCUT2D eigenvalue weighted by molar-refractivity contribution is 4.82. The predicted molar refractivity (Wildman–Crippen MR) is 56.5 cm³/mol. The van der Waals surface area contributed by atoms with E-state index < -0.39 is 0 Å². The van der Waals surface area contributed by atoms with Gasteiger partial charge in [0.2, 0.25) is 0 Å². The number of hydrogen-bond acceptors (Lipinski definition) is 1. The largest absolute Gasteiger partial charge is 0.393 e. The van der Waals surface area contributed by atoms with Gasteiger partial charge in [0.1, 0.15) is 0 Å². The van der Waals surface area contributed by atoms with Gasteiger partial charge in [0.15, 0.2) is 0 Å². The van der Waals surface area contributed by atoms with Crippen molar-refractivity contribution < 1.29 is 5.11 Å². The van der Waals surface area contributed by atoms with E-state index in [1.807, 2.05) is 0 Å². The van der Waals surface area contributed by atoms with Crippen LogP contribution in [-0.4, -0.2) is 11.2 Å². The number of aliphatic hydroxyl groups excluding tert-OH is 1. The molecule has 0 aromatic heterocycles. The lowest BCUT2D eigenvalue weighted by Crippen LogP contribution is -2.34. The molecule has 0 saturated heterocycles. The van der Waals surface area contributed by atoms with Crippen LogP contribution in [0.3, 0.4) is 0 Å². The predicted octanol–water partition coefficient (Wildman–Crippen LogP) is 3.08. The maximum Gasteiger partial charge on any atom is 0.0573 e. The molecule has 1 nitrogen and oxygen atoms in total. The smallest absolute Gasteiger partial charge is 0.0573 e. The second-order valence-corrected chi connectivity index (χ2v) is 5.29. The van der Waals surface area contributed by atoms with Gasteiger partial charge in [-0.3, -0.25) is 0 Å². The molecule has 1 saturated carbocycles. The molecule has 0 bridgehead atoms. The molecule has 13 heavy (non-hydrogen) atoms. The Hall–Kier alpha value is -0.0400. The quantitative estimate of drug-likeness (QED) is 0.699. The minimum atomic E-state index is -0.0406. The molecule has 78 valence electrons. The van der Waals surface area contributed by atoms with Crippen molar-refractivity contribution in [1.29, 1.82) is 0 Å². The number of hydrogen-bond donors (Lipinski definition) is 1. The van der Waals surface area contributed by atoms with E-state index in [9.17, 15) is 5.11 Å². The molecule has 1 N–H and O–H groups in total. The third-order valence-electron chi connectivity index (χ3n) is 3.71.